The summed E-state index contributed by atoms with van der Waals surface area (Å²) in [6.07, 6.45) is 15.4. The molecule has 0 unspecified atom stereocenters. The molecule has 0 amide bonds. The average Bonchev–Trinajstić information content (AvgIpc) is 3.45. The van der Waals surface area contributed by atoms with Gasteiger partial charge in [-0.2, -0.15) is 0 Å². The number of aromatic amines is 1. The van der Waals surface area contributed by atoms with E-state index in [0.717, 1.165) is 36.3 Å². The Bertz CT molecular complexity index is 995. The van der Waals surface area contributed by atoms with Crippen LogP contribution in [0.5, 0.6) is 0 Å². The Balaban J connectivity index is 1.47. The van der Waals surface area contributed by atoms with Gasteiger partial charge in [0.25, 0.3) is 0 Å². The SMILES string of the molecule is CCCc1cc2c(NC3CCCCC3)c(-c3ccc(CN4CCCC4)cn3)cnc2[nH]1. The molecule has 1 aliphatic heterocycles. The second-order valence-electron chi connectivity index (χ2n) is 9.37. The maximum Gasteiger partial charge on any atom is 0.139 e. The van der Waals surface area contributed by atoms with Gasteiger partial charge >= 0.3 is 0 Å². The number of aromatic nitrogens is 3. The van der Waals surface area contributed by atoms with Gasteiger partial charge in [-0.1, -0.05) is 38.7 Å². The quantitative estimate of drug-likeness (QED) is 0.501. The fourth-order valence-electron chi connectivity index (χ4n) is 5.21. The molecule has 31 heavy (non-hydrogen) atoms. The maximum absolute atomic E-state index is 4.88. The predicted molar refractivity (Wildman–Crippen MR) is 128 cm³/mol. The van der Waals surface area contributed by atoms with Crippen LogP contribution < -0.4 is 5.32 Å². The van der Waals surface area contributed by atoms with Crippen molar-refractivity contribution in [1.29, 1.82) is 0 Å². The Morgan fingerprint density at radius 3 is 2.61 bits per heavy atom. The van der Waals surface area contributed by atoms with E-state index in [4.69, 9.17) is 9.97 Å². The summed E-state index contributed by atoms with van der Waals surface area (Å²) in [5.41, 5.74) is 6.88. The largest absolute Gasteiger partial charge is 0.381 e. The minimum Gasteiger partial charge on any atom is -0.381 e. The lowest BCUT2D eigenvalue weighted by atomic mass is 9.94. The van der Waals surface area contributed by atoms with Gasteiger partial charge in [0.05, 0.1) is 11.4 Å². The summed E-state index contributed by atoms with van der Waals surface area (Å²) in [6.45, 7) is 5.66. The molecule has 2 aliphatic rings. The molecule has 5 heteroatoms. The van der Waals surface area contributed by atoms with Crippen molar-refractivity contribution in [3.05, 3.63) is 41.9 Å². The summed E-state index contributed by atoms with van der Waals surface area (Å²) in [4.78, 5) is 15.7. The zero-order valence-electron chi connectivity index (χ0n) is 18.8. The molecule has 0 bridgehead atoms. The van der Waals surface area contributed by atoms with Crippen molar-refractivity contribution in [2.75, 3.05) is 18.4 Å². The van der Waals surface area contributed by atoms with Crippen molar-refractivity contribution >= 4 is 16.7 Å². The highest BCUT2D eigenvalue weighted by Gasteiger charge is 2.20. The van der Waals surface area contributed by atoms with Crippen LogP contribution in [0, 0.1) is 0 Å². The Hall–Kier alpha value is -2.40. The van der Waals surface area contributed by atoms with Crippen LogP contribution in [0.3, 0.4) is 0 Å². The number of nitrogens with zero attached hydrogens (tertiary/aromatic N) is 3. The highest BCUT2D eigenvalue weighted by molar-refractivity contribution is 5.98. The predicted octanol–water partition coefficient (Wildman–Crippen LogP) is 5.92. The number of nitrogens with one attached hydrogen (secondary N) is 2. The topological polar surface area (TPSA) is 56.8 Å². The van der Waals surface area contributed by atoms with E-state index in [1.54, 1.807) is 0 Å². The first-order valence-electron chi connectivity index (χ1n) is 12.2. The molecule has 5 nitrogen and oxygen atoms in total. The molecule has 3 aromatic heterocycles. The first-order chi connectivity index (χ1) is 15.3. The number of hydrogen-bond donors (Lipinski definition) is 2. The van der Waals surface area contributed by atoms with E-state index in [9.17, 15) is 0 Å². The van der Waals surface area contributed by atoms with Gasteiger partial charge in [-0.25, -0.2) is 4.98 Å². The van der Waals surface area contributed by atoms with Gasteiger partial charge in [0.15, 0.2) is 0 Å². The monoisotopic (exact) mass is 417 g/mol. The molecular formula is C26H35N5. The number of pyridine rings is 2. The third-order valence-corrected chi connectivity index (χ3v) is 6.89. The van der Waals surface area contributed by atoms with Crippen LogP contribution in [0.4, 0.5) is 5.69 Å². The van der Waals surface area contributed by atoms with E-state index in [0.29, 0.717) is 6.04 Å². The second kappa shape index (κ2) is 9.39. The Kier molecular flexibility index (Phi) is 6.21. The molecule has 1 aliphatic carbocycles. The molecule has 5 rings (SSSR count). The summed E-state index contributed by atoms with van der Waals surface area (Å²) in [6, 6.07) is 7.26. The molecule has 0 atom stereocenters. The molecule has 2 fully saturated rings. The van der Waals surface area contributed by atoms with Crippen molar-refractivity contribution in [3.63, 3.8) is 0 Å². The van der Waals surface area contributed by atoms with E-state index in [1.165, 1.54) is 80.4 Å². The van der Waals surface area contributed by atoms with E-state index in [-0.39, 0.29) is 0 Å². The zero-order chi connectivity index (χ0) is 21.0. The lowest BCUT2D eigenvalue weighted by molar-refractivity contribution is 0.331. The van der Waals surface area contributed by atoms with Crippen LogP contribution >= 0.6 is 0 Å². The van der Waals surface area contributed by atoms with Crippen LogP contribution in [-0.4, -0.2) is 39.0 Å². The minimum absolute atomic E-state index is 0.539. The number of rotatable bonds is 7. The molecule has 2 N–H and O–H groups in total. The van der Waals surface area contributed by atoms with E-state index < -0.39 is 0 Å². The highest BCUT2D eigenvalue weighted by Crippen LogP contribution is 2.35. The van der Waals surface area contributed by atoms with Crippen LogP contribution in [-0.2, 0) is 13.0 Å². The van der Waals surface area contributed by atoms with Crippen LogP contribution in [0.1, 0.15) is 69.5 Å². The van der Waals surface area contributed by atoms with Crippen molar-refractivity contribution in [3.8, 4) is 11.3 Å². The van der Waals surface area contributed by atoms with Gasteiger partial charge in [0.2, 0.25) is 0 Å². The molecule has 1 saturated heterocycles. The third kappa shape index (κ3) is 4.62. The number of hydrogen-bond acceptors (Lipinski definition) is 4. The standard InChI is InChI=1S/C26H35N5/c1-2-8-21-15-22-25(29-20-9-4-3-5-10-20)23(17-28-26(22)30-21)24-12-11-19(16-27-24)18-31-13-6-7-14-31/h11-12,15-17,20H,2-10,13-14,18H2,1H3,(H2,28,29,30). The fraction of sp³-hybridized carbons (Fsp3) is 0.538. The molecule has 4 heterocycles. The van der Waals surface area contributed by atoms with Gasteiger partial charge in [-0.05, 0) is 62.9 Å². The first-order valence-corrected chi connectivity index (χ1v) is 12.2. The van der Waals surface area contributed by atoms with E-state index >= 15 is 0 Å². The molecule has 0 radical (unpaired) electrons. The fourth-order valence-corrected chi connectivity index (χ4v) is 5.21. The van der Waals surface area contributed by atoms with Crippen molar-refractivity contribution < 1.29 is 0 Å². The van der Waals surface area contributed by atoms with E-state index in [1.807, 2.05) is 6.20 Å². The summed E-state index contributed by atoms with van der Waals surface area (Å²) < 4.78 is 0. The Morgan fingerprint density at radius 1 is 1.03 bits per heavy atom. The summed E-state index contributed by atoms with van der Waals surface area (Å²) in [5.74, 6) is 0. The maximum atomic E-state index is 4.88. The van der Waals surface area contributed by atoms with Gasteiger partial charge in [0.1, 0.15) is 5.65 Å². The average molecular weight is 418 g/mol. The van der Waals surface area contributed by atoms with Crippen LogP contribution in [0.15, 0.2) is 30.6 Å². The second-order valence-corrected chi connectivity index (χ2v) is 9.37. The lowest BCUT2D eigenvalue weighted by Gasteiger charge is -2.25. The summed E-state index contributed by atoms with van der Waals surface area (Å²) in [5, 5.41) is 5.11. The number of aryl methyl sites for hydroxylation is 1. The molecule has 0 spiro atoms. The number of H-pyrrole nitrogens is 1. The molecule has 1 saturated carbocycles. The van der Waals surface area contributed by atoms with Crippen LogP contribution in [0.25, 0.3) is 22.3 Å². The Labute approximate surface area is 185 Å². The van der Waals surface area contributed by atoms with Gasteiger partial charge in [-0.3, -0.25) is 9.88 Å². The smallest absolute Gasteiger partial charge is 0.139 e. The van der Waals surface area contributed by atoms with Crippen molar-refractivity contribution in [2.45, 2.75) is 77.3 Å². The summed E-state index contributed by atoms with van der Waals surface area (Å²) >= 11 is 0. The third-order valence-electron chi connectivity index (χ3n) is 6.89. The molecule has 3 aromatic rings. The zero-order valence-corrected chi connectivity index (χ0v) is 18.8. The van der Waals surface area contributed by atoms with Gasteiger partial charge in [0, 0.05) is 41.6 Å². The van der Waals surface area contributed by atoms with Crippen molar-refractivity contribution in [1.82, 2.24) is 19.9 Å². The van der Waals surface area contributed by atoms with E-state index in [2.05, 4.69) is 46.5 Å². The first kappa shape index (κ1) is 20.5. The number of likely N-dealkylation sites (tertiary alicyclic amines) is 1. The molecule has 164 valence electrons. The Morgan fingerprint density at radius 2 is 1.87 bits per heavy atom. The van der Waals surface area contributed by atoms with Crippen molar-refractivity contribution in [2.24, 2.45) is 0 Å². The molecule has 0 aromatic carbocycles. The number of fused-ring (bicyclic) bond motifs is 1. The van der Waals surface area contributed by atoms with Crippen LogP contribution in [0.2, 0.25) is 0 Å². The summed E-state index contributed by atoms with van der Waals surface area (Å²) in [7, 11) is 0. The minimum atomic E-state index is 0.539. The van der Waals surface area contributed by atoms with Gasteiger partial charge in [-0.15, -0.1) is 0 Å². The highest BCUT2D eigenvalue weighted by atomic mass is 15.1. The number of anilines is 1. The lowest BCUT2D eigenvalue weighted by Crippen LogP contribution is -2.22. The van der Waals surface area contributed by atoms with Gasteiger partial charge < -0.3 is 10.3 Å². The molecular weight excluding hydrogens is 382 g/mol. The normalized spacial score (nSPS) is 18.1.